The van der Waals surface area contributed by atoms with Crippen molar-refractivity contribution in [2.24, 2.45) is 0 Å². The Bertz CT molecular complexity index is 418. The first-order valence-electron chi connectivity index (χ1n) is 4.65. The summed E-state index contributed by atoms with van der Waals surface area (Å²) in [6.45, 7) is 0.0501. The van der Waals surface area contributed by atoms with Gasteiger partial charge in [0.2, 0.25) is 0 Å². The molecule has 0 unspecified atom stereocenters. The number of rotatable bonds is 4. The molecule has 0 radical (unpaired) electrons. The molecule has 0 amide bonds. The van der Waals surface area contributed by atoms with Crippen LogP contribution in [0.1, 0.15) is 20.7 Å². The molecule has 5 heteroatoms. The third kappa shape index (κ3) is 2.64. The zero-order valence-corrected chi connectivity index (χ0v) is 9.04. The largest absolute Gasteiger partial charge is 0.465 e. The van der Waals surface area contributed by atoms with Crippen LogP contribution in [0, 0.1) is 5.82 Å². The van der Waals surface area contributed by atoms with Crippen LogP contribution >= 0.6 is 0 Å². The van der Waals surface area contributed by atoms with Crippen LogP contribution in [0.2, 0.25) is 0 Å². The third-order valence-corrected chi connectivity index (χ3v) is 2.03. The number of Topliss-reactive ketones (excluding diaryl/α,β-unsaturated/α-hetero) is 1. The van der Waals surface area contributed by atoms with Crippen LogP contribution in [0.15, 0.2) is 18.2 Å². The van der Waals surface area contributed by atoms with E-state index in [1.54, 1.807) is 7.05 Å². The van der Waals surface area contributed by atoms with Gasteiger partial charge in [-0.2, -0.15) is 0 Å². The molecule has 1 rings (SSSR count). The van der Waals surface area contributed by atoms with Gasteiger partial charge in [-0.1, -0.05) is 0 Å². The molecule has 1 N–H and O–H groups in total. The van der Waals surface area contributed by atoms with E-state index in [0.29, 0.717) is 0 Å². The lowest BCUT2D eigenvalue weighted by molar-refractivity contribution is 0.0599. The van der Waals surface area contributed by atoms with Gasteiger partial charge in [-0.25, -0.2) is 9.18 Å². The van der Waals surface area contributed by atoms with E-state index in [2.05, 4.69) is 10.1 Å². The van der Waals surface area contributed by atoms with Gasteiger partial charge in [-0.3, -0.25) is 4.79 Å². The number of benzene rings is 1. The topological polar surface area (TPSA) is 55.4 Å². The van der Waals surface area contributed by atoms with E-state index in [1.165, 1.54) is 19.2 Å². The van der Waals surface area contributed by atoms with Crippen molar-refractivity contribution >= 4 is 11.8 Å². The molecule has 1 aromatic carbocycles. The second-order valence-electron chi connectivity index (χ2n) is 3.14. The summed E-state index contributed by atoms with van der Waals surface area (Å²) in [6, 6.07) is 3.63. The number of ketones is 1. The molecule has 0 aliphatic carbocycles. The molecule has 0 aromatic heterocycles. The van der Waals surface area contributed by atoms with Gasteiger partial charge < -0.3 is 10.1 Å². The van der Waals surface area contributed by atoms with Gasteiger partial charge in [-0.05, 0) is 25.2 Å². The van der Waals surface area contributed by atoms with Crippen LogP contribution in [-0.4, -0.2) is 32.5 Å². The molecule has 0 saturated heterocycles. The van der Waals surface area contributed by atoms with Crippen molar-refractivity contribution in [1.82, 2.24) is 5.32 Å². The number of methoxy groups -OCH3 is 1. The average Bonchev–Trinajstić information content (AvgIpc) is 2.28. The fourth-order valence-electron chi connectivity index (χ4n) is 1.24. The van der Waals surface area contributed by atoms with Crippen LogP contribution < -0.4 is 5.32 Å². The lowest BCUT2D eigenvalue weighted by Gasteiger charge is -2.04. The Kier molecular flexibility index (Phi) is 4.13. The minimum absolute atomic E-state index is 0.0398. The van der Waals surface area contributed by atoms with Crippen molar-refractivity contribution in [2.75, 3.05) is 20.7 Å². The Hall–Kier alpha value is -1.75. The van der Waals surface area contributed by atoms with Crippen molar-refractivity contribution in [3.63, 3.8) is 0 Å². The number of esters is 1. The summed E-state index contributed by atoms with van der Waals surface area (Å²) in [4.78, 5) is 22.5. The SMILES string of the molecule is CNCC(=O)c1ccc(C(=O)OC)cc1F. The average molecular weight is 225 g/mol. The Morgan fingerprint density at radius 2 is 2.12 bits per heavy atom. The molecule has 0 bridgehead atoms. The second-order valence-corrected chi connectivity index (χ2v) is 3.14. The first-order chi connectivity index (χ1) is 7.60. The van der Waals surface area contributed by atoms with Gasteiger partial charge in [0.25, 0.3) is 0 Å². The normalized spacial score (nSPS) is 9.94. The Morgan fingerprint density at radius 1 is 1.44 bits per heavy atom. The number of halogens is 1. The molecule has 4 nitrogen and oxygen atoms in total. The molecule has 0 fully saturated rings. The number of hydrogen-bond donors (Lipinski definition) is 1. The maximum absolute atomic E-state index is 13.5. The van der Waals surface area contributed by atoms with Crippen molar-refractivity contribution in [2.45, 2.75) is 0 Å². The summed E-state index contributed by atoms with van der Waals surface area (Å²) in [5, 5.41) is 2.63. The Labute approximate surface area is 92.4 Å². The summed E-state index contributed by atoms with van der Waals surface area (Å²) in [7, 11) is 2.80. The monoisotopic (exact) mass is 225 g/mol. The van der Waals surface area contributed by atoms with E-state index in [1.807, 2.05) is 0 Å². The zero-order valence-electron chi connectivity index (χ0n) is 9.04. The summed E-state index contributed by atoms with van der Waals surface area (Å²) in [5.74, 6) is -1.72. The molecule has 0 spiro atoms. The Balaban J connectivity index is 3.00. The van der Waals surface area contributed by atoms with Gasteiger partial charge in [0.1, 0.15) is 5.82 Å². The van der Waals surface area contributed by atoms with Crippen molar-refractivity contribution in [3.8, 4) is 0 Å². The lowest BCUT2D eigenvalue weighted by atomic mass is 10.1. The van der Waals surface area contributed by atoms with E-state index in [0.717, 1.165) is 6.07 Å². The van der Waals surface area contributed by atoms with E-state index in [-0.39, 0.29) is 23.5 Å². The Morgan fingerprint density at radius 3 is 2.62 bits per heavy atom. The molecule has 0 aliphatic rings. The third-order valence-electron chi connectivity index (χ3n) is 2.03. The van der Waals surface area contributed by atoms with Crippen molar-refractivity contribution in [1.29, 1.82) is 0 Å². The highest BCUT2D eigenvalue weighted by Crippen LogP contribution is 2.11. The van der Waals surface area contributed by atoms with E-state index in [4.69, 9.17) is 0 Å². The predicted molar refractivity (Wildman–Crippen MR) is 56.0 cm³/mol. The molecule has 0 saturated carbocycles. The lowest BCUT2D eigenvalue weighted by Crippen LogP contribution is -2.19. The number of carbonyl (C=O) groups excluding carboxylic acids is 2. The van der Waals surface area contributed by atoms with Gasteiger partial charge in [0.15, 0.2) is 5.78 Å². The minimum Gasteiger partial charge on any atom is -0.465 e. The summed E-state index contributed by atoms with van der Waals surface area (Å²) < 4.78 is 17.9. The maximum atomic E-state index is 13.5. The summed E-state index contributed by atoms with van der Waals surface area (Å²) in [5.41, 5.74) is 0.0445. The molecule has 16 heavy (non-hydrogen) atoms. The van der Waals surface area contributed by atoms with Crippen LogP contribution in [0.5, 0.6) is 0 Å². The molecule has 0 atom stereocenters. The van der Waals surface area contributed by atoms with E-state index >= 15 is 0 Å². The van der Waals surface area contributed by atoms with Gasteiger partial charge in [-0.15, -0.1) is 0 Å². The molecule has 86 valence electrons. The number of nitrogens with one attached hydrogen (secondary N) is 1. The van der Waals surface area contributed by atoms with Crippen LogP contribution in [0.4, 0.5) is 4.39 Å². The smallest absolute Gasteiger partial charge is 0.337 e. The molecule has 1 aromatic rings. The minimum atomic E-state index is -0.719. The van der Waals surface area contributed by atoms with Gasteiger partial charge in [0.05, 0.1) is 24.8 Å². The van der Waals surface area contributed by atoms with E-state index in [9.17, 15) is 14.0 Å². The maximum Gasteiger partial charge on any atom is 0.337 e. The highest BCUT2D eigenvalue weighted by Gasteiger charge is 2.14. The van der Waals surface area contributed by atoms with Crippen LogP contribution in [0.3, 0.4) is 0 Å². The standard InChI is InChI=1S/C11H12FNO3/c1-13-6-10(14)8-4-3-7(5-9(8)12)11(15)16-2/h3-5,13H,6H2,1-2H3. The second kappa shape index (κ2) is 5.37. The summed E-state index contributed by atoms with van der Waals surface area (Å²) >= 11 is 0. The van der Waals surface area contributed by atoms with Crippen LogP contribution in [-0.2, 0) is 4.74 Å². The highest BCUT2D eigenvalue weighted by atomic mass is 19.1. The van der Waals surface area contributed by atoms with Crippen LogP contribution in [0.25, 0.3) is 0 Å². The van der Waals surface area contributed by atoms with Crippen molar-refractivity contribution in [3.05, 3.63) is 35.1 Å². The van der Waals surface area contributed by atoms with Crippen molar-refractivity contribution < 1.29 is 18.7 Å². The molecule has 0 heterocycles. The highest BCUT2D eigenvalue weighted by molar-refractivity contribution is 5.99. The molecule has 0 aliphatic heterocycles. The van der Waals surface area contributed by atoms with Gasteiger partial charge >= 0.3 is 5.97 Å². The fourth-order valence-corrected chi connectivity index (χ4v) is 1.24. The summed E-state index contributed by atoms with van der Waals surface area (Å²) in [6.07, 6.45) is 0. The molecular weight excluding hydrogens is 213 g/mol. The first kappa shape index (κ1) is 12.3. The predicted octanol–water partition coefficient (Wildman–Crippen LogP) is 1.01. The number of hydrogen-bond acceptors (Lipinski definition) is 4. The fraction of sp³-hybridized carbons (Fsp3) is 0.273. The number of carbonyl (C=O) groups is 2. The van der Waals surface area contributed by atoms with E-state index < -0.39 is 11.8 Å². The van der Waals surface area contributed by atoms with Gasteiger partial charge in [0, 0.05) is 0 Å². The zero-order chi connectivity index (χ0) is 12.1. The number of ether oxygens (including phenoxy) is 1. The number of likely N-dealkylation sites (N-methyl/N-ethyl adjacent to an activating group) is 1. The first-order valence-corrected chi connectivity index (χ1v) is 4.65. The quantitative estimate of drug-likeness (QED) is 0.614. The molecular formula is C11H12FNO3.